The molecule has 0 aliphatic heterocycles. The molecule has 6 heteroatoms. The fourth-order valence-electron chi connectivity index (χ4n) is 2.10. The van der Waals surface area contributed by atoms with Gasteiger partial charge in [-0.25, -0.2) is 9.37 Å². The van der Waals surface area contributed by atoms with Crippen LogP contribution in [0.3, 0.4) is 0 Å². The molecule has 0 spiro atoms. The normalized spacial score (nSPS) is 10.6. The maximum absolute atomic E-state index is 12.8. The molecule has 0 radical (unpaired) electrons. The first kappa shape index (κ1) is 13.9. The Morgan fingerprint density at radius 2 is 1.91 bits per heavy atom. The number of nitrogens with zero attached hydrogens (tertiary/aromatic N) is 1. The van der Waals surface area contributed by atoms with Gasteiger partial charge in [0.1, 0.15) is 17.0 Å². The van der Waals surface area contributed by atoms with E-state index in [1.165, 1.54) is 30.5 Å². The predicted octanol–water partition coefficient (Wildman–Crippen LogP) is 2.62. The number of H-pyrrole nitrogens is 1. The Bertz CT molecular complexity index is 917. The highest BCUT2D eigenvalue weighted by Gasteiger charge is 2.13. The number of carbonyl (C=O) groups is 1. The largest absolute Gasteiger partial charge is 0.345 e. The van der Waals surface area contributed by atoms with Gasteiger partial charge in [0.05, 0.1) is 5.39 Å². The Kier molecular flexibility index (Phi) is 3.42. The number of nitrogens with one attached hydrogen (secondary N) is 2. The summed E-state index contributed by atoms with van der Waals surface area (Å²) in [7, 11) is 0. The standard InChI is InChI=1S/C16H12FN3O2/c1-9-2-7-12-14(21)13(8-18-15(12)19-9)16(22)20-11-5-3-10(17)4-6-11/h2-8H,1H3,(H,20,22)(H,18,19,21). The summed E-state index contributed by atoms with van der Waals surface area (Å²) < 4.78 is 12.8. The summed E-state index contributed by atoms with van der Waals surface area (Å²) in [5, 5.41) is 2.90. The highest BCUT2D eigenvalue weighted by Crippen LogP contribution is 2.11. The van der Waals surface area contributed by atoms with Crippen molar-refractivity contribution in [2.24, 2.45) is 0 Å². The Morgan fingerprint density at radius 1 is 1.18 bits per heavy atom. The number of aromatic nitrogens is 2. The molecule has 0 bridgehead atoms. The van der Waals surface area contributed by atoms with E-state index in [4.69, 9.17) is 0 Å². The summed E-state index contributed by atoms with van der Waals surface area (Å²) >= 11 is 0. The van der Waals surface area contributed by atoms with Gasteiger partial charge < -0.3 is 10.3 Å². The number of rotatable bonds is 2. The van der Waals surface area contributed by atoms with Crippen molar-refractivity contribution in [1.29, 1.82) is 0 Å². The quantitative estimate of drug-likeness (QED) is 0.763. The molecule has 0 fully saturated rings. The lowest BCUT2D eigenvalue weighted by Crippen LogP contribution is -2.22. The topological polar surface area (TPSA) is 74.8 Å². The fourth-order valence-corrected chi connectivity index (χ4v) is 2.10. The molecule has 110 valence electrons. The number of anilines is 1. The minimum absolute atomic E-state index is 0.0255. The summed E-state index contributed by atoms with van der Waals surface area (Å²) in [4.78, 5) is 31.6. The van der Waals surface area contributed by atoms with Crippen molar-refractivity contribution in [3.05, 3.63) is 69.9 Å². The zero-order valence-corrected chi connectivity index (χ0v) is 11.7. The molecule has 0 unspecified atom stereocenters. The van der Waals surface area contributed by atoms with E-state index in [1.54, 1.807) is 12.1 Å². The maximum atomic E-state index is 12.8. The number of aromatic amines is 1. The van der Waals surface area contributed by atoms with Crippen molar-refractivity contribution in [3.8, 4) is 0 Å². The minimum Gasteiger partial charge on any atom is -0.345 e. The van der Waals surface area contributed by atoms with Crippen LogP contribution in [-0.4, -0.2) is 15.9 Å². The van der Waals surface area contributed by atoms with E-state index in [0.717, 1.165) is 5.69 Å². The number of benzene rings is 1. The molecule has 2 N–H and O–H groups in total. The first-order valence-corrected chi connectivity index (χ1v) is 6.60. The second-order valence-corrected chi connectivity index (χ2v) is 4.84. The monoisotopic (exact) mass is 297 g/mol. The zero-order valence-electron chi connectivity index (χ0n) is 11.7. The van der Waals surface area contributed by atoms with Crippen LogP contribution >= 0.6 is 0 Å². The van der Waals surface area contributed by atoms with E-state index in [1.807, 2.05) is 6.92 Å². The van der Waals surface area contributed by atoms with E-state index in [0.29, 0.717) is 16.7 Å². The van der Waals surface area contributed by atoms with Gasteiger partial charge in [0.2, 0.25) is 5.43 Å². The molecule has 1 amide bonds. The molecular weight excluding hydrogens is 285 g/mol. The van der Waals surface area contributed by atoms with Crippen LogP contribution in [0.25, 0.3) is 11.0 Å². The number of carbonyl (C=O) groups excluding carboxylic acids is 1. The van der Waals surface area contributed by atoms with Gasteiger partial charge in [0.25, 0.3) is 5.91 Å². The van der Waals surface area contributed by atoms with Gasteiger partial charge in [0.15, 0.2) is 0 Å². The Hall–Kier alpha value is -3.02. The van der Waals surface area contributed by atoms with Gasteiger partial charge in [-0.15, -0.1) is 0 Å². The van der Waals surface area contributed by atoms with Crippen molar-refractivity contribution in [1.82, 2.24) is 9.97 Å². The first-order valence-electron chi connectivity index (χ1n) is 6.60. The number of fused-ring (bicyclic) bond motifs is 1. The van der Waals surface area contributed by atoms with E-state index >= 15 is 0 Å². The van der Waals surface area contributed by atoms with Crippen molar-refractivity contribution < 1.29 is 9.18 Å². The molecule has 2 aromatic heterocycles. The van der Waals surface area contributed by atoms with Gasteiger partial charge in [-0.3, -0.25) is 9.59 Å². The molecule has 0 atom stereocenters. The molecule has 0 saturated carbocycles. The molecule has 3 rings (SSSR count). The van der Waals surface area contributed by atoms with Crippen LogP contribution in [0.1, 0.15) is 16.1 Å². The third-order valence-corrected chi connectivity index (χ3v) is 3.22. The van der Waals surface area contributed by atoms with Crippen LogP contribution in [0.4, 0.5) is 10.1 Å². The third kappa shape index (κ3) is 2.58. The van der Waals surface area contributed by atoms with Crippen LogP contribution in [-0.2, 0) is 0 Å². The van der Waals surface area contributed by atoms with E-state index < -0.39 is 17.2 Å². The van der Waals surface area contributed by atoms with Gasteiger partial charge in [0, 0.05) is 17.6 Å². The SMILES string of the molecule is Cc1ccc2c(=O)c(C(=O)Nc3ccc(F)cc3)c[nH]c2n1. The lowest BCUT2D eigenvalue weighted by atomic mass is 10.1. The van der Waals surface area contributed by atoms with Gasteiger partial charge in [-0.2, -0.15) is 0 Å². The van der Waals surface area contributed by atoms with Crippen molar-refractivity contribution in [2.75, 3.05) is 5.32 Å². The number of pyridine rings is 2. The van der Waals surface area contributed by atoms with Gasteiger partial charge >= 0.3 is 0 Å². The molecule has 3 aromatic rings. The Morgan fingerprint density at radius 3 is 2.64 bits per heavy atom. The molecule has 0 aliphatic rings. The minimum atomic E-state index is -0.560. The number of hydrogen-bond donors (Lipinski definition) is 2. The number of aryl methyl sites for hydroxylation is 1. The molecule has 22 heavy (non-hydrogen) atoms. The number of hydrogen-bond acceptors (Lipinski definition) is 3. The lowest BCUT2D eigenvalue weighted by molar-refractivity contribution is 0.102. The summed E-state index contributed by atoms with van der Waals surface area (Å²) in [6.45, 7) is 1.81. The van der Waals surface area contributed by atoms with Crippen LogP contribution < -0.4 is 10.7 Å². The lowest BCUT2D eigenvalue weighted by Gasteiger charge is -2.06. The molecule has 5 nitrogen and oxygen atoms in total. The van der Waals surface area contributed by atoms with Crippen LogP contribution in [0.5, 0.6) is 0 Å². The van der Waals surface area contributed by atoms with E-state index in [2.05, 4.69) is 15.3 Å². The zero-order chi connectivity index (χ0) is 15.7. The number of amides is 1. The fraction of sp³-hybridized carbons (Fsp3) is 0.0625. The molecule has 2 heterocycles. The van der Waals surface area contributed by atoms with Crippen molar-refractivity contribution in [3.63, 3.8) is 0 Å². The molecule has 0 aliphatic carbocycles. The summed E-state index contributed by atoms with van der Waals surface area (Å²) in [5.41, 5.74) is 1.19. The average molecular weight is 297 g/mol. The highest BCUT2D eigenvalue weighted by atomic mass is 19.1. The molecule has 0 saturated heterocycles. The predicted molar refractivity (Wildman–Crippen MR) is 81.5 cm³/mol. The van der Waals surface area contributed by atoms with Crippen molar-refractivity contribution >= 4 is 22.6 Å². The Labute approximate surface area is 124 Å². The molecular formula is C16H12FN3O2. The Balaban J connectivity index is 1.97. The number of halogens is 1. The van der Waals surface area contributed by atoms with Crippen molar-refractivity contribution in [2.45, 2.75) is 6.92 Å². The summed E-state index contributed by atoms with van der Waals surface area (Å²) in [6, 6.07) is 8.64. The maximum Gasteiger partial charge on any atom is 0.261 e. The van der Waals surface area contributed by atoms with Crippen LogP contribution in [0, 0.1) is 12.7 Å². The molecule has 1 aromatic carbocycles. The van der Waals surface area contributed by atoms with E-state index in [9.17, 15) is 14.0 Å². The first-order chi connectivity index (χ1) is 10.5. The summed E-state index contributed by atoms with van der Waals surface area (Å²) in [5.74, 6) is -0.960. The second-order valence-electron chi connectivity index (χ2n) is 4.84. The summed E-state index contributed by atoms with van der Waals surface area (Å²) in [6.07, 6.45) is 1.33. The average Bonchev–Trinajstić information content (AvgIpc) is 2.49. The second kappa shape index (κ2) is 5.40. The van der Waals surface area contributed by atoms with Gasteiger partial charge in [-0.05, 0) is 43.3 Å². The van der Waals surface area contributed by atoms with Gasteiger partial charge in [-0.1, -0.05) is 0 Å². The third-order valence-electron chi connectivity index (χ3n) is 3.22. The van der Waals surface area contributed by atoms with Crippen LogP contribution in [0.15, 0.2) is 47.4 Å². The smallest absolute Gasteiger partial charge is 0.261 e. The van der Waals surface area contributed by atoms with E-state index in [-0.39, 0.29) is 5.56 Å². The van der Waals surface area contributed by atoms with Crippen LogP contribution in [0.2, 0.25) is 0 Å². The highest BCUT2D eigenvalue weighted by molar-refractivity contribution is 6.05.